The number of aliphatic carboxylic acids is 1. The fourth-order valence-corrected chi connectivity index (χ4v) is 1.60. The molecule has 18 heavy (non-hydrogen) atoms. The van der Waals surface area contributed by atoms with Crippen LogP contribution in [0.1, 0.15) is 20.3 Å². The number of carboxylic acid groups (broad SMARTS) is 1. The van der Waals surface area contributed by atoms with Gasteiger partial charge in [0.05, 0.1) is 5.75 Å². The molecule has 0 bridgehead atoms. The molecule has 0 aliphatic carbocycles. The van der Waals surface area contributed by atoms with Gasteiger partial charge in [-0.25, -0.2) is 23.1 Å². The minimum Gasteiger partial charge on any atom is -0.480 e. The van der Waals surface area contributed by atoms with Crippen LogP contribution in [-0.4, -0.2) is 43.9 Å². The van der Waals surface area contributed by atoms with Gasteiger partial charge in [-0.2, -0.15) is 0 Å². The first-order valence-electron chi connectivity index (χ1n) is 5.39. The first-order chi connectivity index (χ1) is 8.11. The second-order valence-corrected chi connectivity index (χ2v) is 6.02. The predicted octanol–water partition coefficient (Wildman–Crippen LogP) is -0.927. The van der Waals surface area contributed by atoms with Crippen LogP contribution in [0.4, 0.5) is 4.79 Å². The molecule has 0 saturated carbocycles. The topological polar surface area (TPSA) is 139 Å². The van der Waals surface area contributed by atoms with Crippen molar-refractivity contribution in [3.05, 3.63) is 0 Å². The highest BCUT2D eigenvalue weighted by molar-refractivity contribution is 7.89. The summed E-state index contributed by atoms with van der Waals surface area (Å²) in [6.07, 6.45) is 0.290. The molecular weight excluding hydrogens is 262 g/mol. The minimum absolute atomic E-state index is 0.107. The highest BCUT2D eigenvalue weighted by atomic mass is 32.2. The predicted molar refractivity (Wildman–Crippen MR) is 65.4 cm³/mol. The maximum Gasteiger partial charge on any atom is 0.326 e. The van der Waals surface area contributed by atoms with E-state index in [4.69, 9.17) is 10.2 Å². The van der Waals surface area contributed by atoms with Crippen LogP contribution in [0, 0.1) is 5.92 Å². The summed E-state index contributed by atoms with van der Waals surface area (Å²) in [4.78, 5) is 22.1. The first kappa shape index (κ1) is 16.6. The number of nitrogens with two attached hydrogens (primary N) is 1. The molecule has 106 valence electrons. The normalized spacial score (nSPS) is 13.1. The van der Waals surface area contributed by atoms with E-state index >= 15 is 0 Å². The number of carbonyl (C=O) groups is 2. The molecule has 0 saturated heterocycles. The zero-order valence-corrected chi connectivity index (χ0v) is 11.2. The lowest BCUT2D eigenvalue weighted by atomic mass is 10.0. The molecule has 0 aromatic heterocycles. The number of urea groups is 1. The number of rotatable bonds is 7. The van der Waals surface area contributed by atoms with E-state index < -0.39 is 33.8 Å². The highest BCUT2D eigenvalue weighted by Crippen LogP contribution is 2.04. The molecular formula is C9H19N3O5S. The van der Waals surface area contributed by atoms with Gasteiger partial charge in [0.2, 0.25) is 10.0 Å². The molecule has 1 atom stereocenters. The van der Waals surface area contributed by atoms with Crippen molar-refractivity contribution in [1.29, 1.82) is 0 Å². The summed E-state index contributed by atoms with van der Waals surface area (Å²) in [5.41, 5.74) is 0. The molecule has 0 unspecified atom stereocenters. The van der Waals surface area contributed by atoms with Crippen molar-refractivity contribution in [2.75, 3.05) is 12.3 Å². The van der Waals surface area contributed by atoms with Crippen molar-refractivity contribution in [3.8, 4) is 0 Å². The zero-order chi connectivity index (χ0) is 14.3. The Kier molecular flexibility index (Phi) is 6.63. The van der Waals surface area contributed by atoms with Crippen LogP contribution in [0.5, 0.6) is 0 Å². The molecule has 0 heterocycles. The number of hydrogen-bond donors (Lipinski definition) is 4. The van der Waals surface area contributed by atoms with Gasteiger partial charge in [-0.15, -0.1) is 0 Å². The summed E-state index contributed by atoms with van der Waals surface area (Å²) in [7, 11) is -3.64. The van der Waals surface area contributed by atoms with Crippen molar-refractivity contribution >= 4 is 22.0 Å². The van der Waals surface area contributed by atoms with Gasteiger partial charge in [0.25, 0.3) is 0 Å². The maximum atomic E-state index is 11.3. The zero-order valence-electron chi connectivity index (χ0n) is 10.3. The van der Waals surface area contributed by atoms with Gasteiger partial charge >= 0.3 is 12.0 Å². The molecule has 0 aliphatic rings. The molecule has 0 radical (unpaired) electrons. The second kappa shape index (κ2) is 7.17. The van der Waals surface area contributed by atoms with Gasteiger partial charge in [-0.1, -0.05) is 13.8 Å². The number of carbonyl (C=O) groups excluding carboxylic acids is 1. The Hall–Kier alpha value is -1.35. The Bertz CT molecular complexity index is 393. The van der Waals surface area contributed by atoms with E-state index in [1.54, 1.807) is 0 Å². The smallest absolute Gasteiger partial charge is 0.326 e. The Labute approximate surface area is 106 Å². The van der Waals surface area contributed by atoms with E-state index in [9.17, 15) is 18.0 Å². The van der Waals surface area contributed by atoms with Gasteiger partial charge < -0.3 is 15.7 Å². The lowest BCUT2D eigenvalue weighted by Gasteiger charge is -2.16. The minimum atomic E-state index is -3.64. The third kappa shape index (κ3) is 8.76. The number of sulfonamides is 1. The molecule has 0 spiro atoms. The summed E-state index contributed by atoms with van der Waals surface area (Å²) in [6, 6.07) is -1.73. The Morgan fingerprint density at radius 2 is 1.89 bits per heavy atom. The lowest BCUT2D eigenvalue weighted by Crippen LogP contribution is -2.47. The van der Waals surface area contributed by atoms with E-state index in [2.05, 4.69) is 10.6 Å². The number of nitrogens with one attached hydrogen (secondary N) is 2. The van der Waals surface area contributed by atoms with Crippen molar-refractivity contribution in [2.45, 2.75) is 26.3 Å². The fraction of sp³-hybridized carbons (Fsp3) is 0.778. The third-order valence-electron chi connectivity index (χ3n) is 1.98. The molecule has 2 amide bonds. The number of carboxylic acids is 1. The quantitative estimate of drug-likeness (QED) is 0.477. The molecule has 0 aliphatic heterocycles. The number of amides is 2. The summed E-state index contributed by atoms with van der Waals surface area (Å²) >= 11 is 0. The third-order valence-corrected chi connectivity index (χ3v) is 2.76. The van der Waals surface area contributed by atoms with Crippen LogP contribution >= 0.6 is 0 Å². The Balaban J connectivity index is 4.15. The van der Waals surface area contributed by atoms with Gasteiger partial charge in [0.15, 0.2) is 0 Å². The summed E-state index contributed by atoms with van der Waals surface area (Å²) in [6.45, 7) is 3.49. The van der Waals surface area contributed by atoms with Gasteiger partial charge in [0.1, 0.15) is 6.04 Å². The number of hydrogen-bond acceptors (Lipinski definition) is 4. The van der Waals surface area contributed by atoms with Crippen molar-refractivity contribution < 1.29 is 23.1 Å². The van der Waals surface area contributed by atoms with Crippen LogP contribution < -0.4 is 15.8 Å². The van der Waals surface area contributed by atoms with Gasteiger partial charge in [-0.3, -0.25) is 0 Å². The van der Waals surface area contributed by atoms with Crippen LogP contribution in [0.15, 0.2) is 0 Å². The monoisotopic (exact) mass is 281 g/mol. The summed E-state index contributed by atoms with van der Waals surface area (Å²) in [5.74, 6) is -1.43. The van der Waals surface area contributed by atoms with Crippen LogP contribution in [0.2, 0.25) is 0 Å². The van der Waals surface area contributed by atoms with E-state index in [0.29, 0.717) is 0 Å². The van der Waals surface area contributed by atoms with Crippen molar-refractivity contribution in [1.82, 2.24) is 10.6 Å². The lowest BCUT2D eigenvalue weighted by molar-refractivity contribution is -0.139. The summed E-state index contributed by atoms with van der Waals surface area (Å²) in [5, 5.41) is 18.1. The average Bonchev–Trinajstić information content (AvgIpc) is 2.13. The SMILES string of the molecule is CC(C)C[C@H](NC(=O)NCCS(N)(=O)=O)C(=O)O. The highest BCUT2D eigenvalue weighted by Gasteiger charge is 2.20. The summed E-state index contributed by atoms with van der Waals surface area (Å²) < 4.78 is 21.2. The molecule has 0 aromatic carbocycles. The van der Waals surface area contributed by atoms with Gasteiger partial charge in [0, 0.05) is 6.54 Å². The van der Waals surface area contributed by atoms with Crippen LogP contribution in [0.25, 0.3) is 0 Å². The largest absolute Gasteiger partial charge is 0.480 e. The second-order valence-electron chi connectivity index (χ2n) is 4.29. The van der Waals surface area contributed by atoms with E-state index in [0.717, 1.165) is 0 Å². The van der Waals surface area contributed by atoms with Crippen molar-refractivity contribution in [3.63, 3.8) is 0 Å². The van der Waals surface area contributed by atoms with E-state index in [1.807, 2.05) is 13.8 Å². The van der Waals surface area contributed by atoms with Crippen LogP contribution in [0.3, 0.4) is 0 Å². The van der Waals surface area contributed by atoms with Gasteiger partial charge in [-0.05, 0) is 12.3 Å². The van der Waals surface area contributed by atoms with Crippen molar-refractivity contribution in [2.24, 2.45) is 11.1 Å². The van der Waals surface area contributed by atoms with Crippen LogP contribution in [-0.2, 0) is 14.8 Å². The average molecular weight is 281 g/mol. The van der Waals surface area contributed by atoms with E-state index in [1.165, 1.54) is 0 Å². The fourth-order valence-electron chi connectivity index (χ4n) is 1.21. The number of primary sulfonamides is 1. The molecule has 8 nitrogen and oxygen atoms in total. The molecule has 0 fully saturated rings. The Morgan fingerprint density at radius 3 is 2.28 bits per heavy atom. The molecule has 0 rings (SSSR count). The maximum absolute atomic E-state index is 11.3. The molecule has 9 heteroatoms. The van der Waals surface area contributed by atoms with E-state index in [-0.39, 0.29) is 18.9 Å². The first-order valence-corrected chi connectivity index (χ1v) is 7.11. The molecule has 5 N–H and O–H groups in total. The molecule has 0 aromatic rings. The standard InChI is InChI=1S/C9H19N3O5S/c1-6(2)5-7(8(13)14)12-9(15)11-3-4-18(10,16)17/h6-7H,3-5H2,1-2H3,(H,13,14)(H2,10,16,17)(H2,11,12,15)/t7-/m0/s1. The Morgan fingerprint density at radius 1 is 1.33 bits per heavy atom.